The zero-order valence-corrected chi connectivity index (χ0v) is 43.2. The summed E-state index contributed by atoms with van der Waals surface area (Å²) in [4.78, 5) is 27.1. The van der Waals surface area contributed by atoms with Crippen LogP contribution in [0.4, 0.5) is 0 Å². The maximum atomic E-state index is 5.60. The Labute approximate surface area is 462 Å². The summed E-state index contributed by atoms with van der Waals surface area (Å²) < 4.78 is 4.81. The van der Waals surface area contributed by atoms with Gasteiger partial charge < -0.3 is 19.4 Å². The van der Waals surface area contributed by atoms with E-state index in [0.29, 0.717) is 29.1 Å². The van der Waals surface area contributed by atoms with E-state index in [4.69, 9.17) is 30.3 Å². The highest BCUT2D eigenvalue weighted by atomic mass is 15.2. The Balaban J connectivity index is 1.02. The molecule has 4 heterocycles. The number of hydrogen-bond donors (Lipinski definition) is 0. The fourth-order valence-electron chi connectivity index (χ4n) is 11.6. The third-order valence-corrected chi connectivity index (χ3v) is 15.2. The summed E-state index contributed by atoms with van der Waals surface area (Å²) in [5.74, 6) is 2.81. The minimum absolute atomic E-state index is 0.504. The molecule has 0 spiro atoms. The topological polar surface area (TPSA) is 87.4 Å². The average molecular weight is 1020 g/mol. The van der Waals surface area contributed by atoms with Gasteiger partial charge in [-0.3, -0.25) is 4.99 Å². The van der Waals surface area contributed by atoms with Crippen LogP contribution in [0.5, 0.6) is 0 Å². The number of fused-ring (bicyclic) bond motifs is 7. The molecule has 0 amide bonds. The van der Waals surface area contributed by atoms with Crippen molar-refractivity contribution in [1.29, 1.82) is 0 Å². The Morgan fingerprint density at radius 3 is 1.50 bits per heavy atom. The zero-order valence-electron chi connectivity index (χ0n) is 43.2. The Bertz CT molecular complexity index is 4720. The van der Waals surface area contributed by atoms with Crippen LogP contribution >= 0.6 is 0 Å². The normalized spacial score (nSPS) is 13.4. The van der Waals surface area contributed by atoms with Crippen LogP contribution in [0.3, 0.4) is 0 Å². The molecule has 376 valence electrons. The fourth-order valence-corrected chi connectivity index (χ4v) is 11.6. The van der Waals surface area contributed by atoms with Gasteiger partial charge in [-0.2, -0.15) is 0 Å². The SMILES string of the molecule is c1ccc(C2=NC(c3ccc(-n4c5ccccc5c5ccc6c(c7ccccc7n6-c6ccccc6)c54)c(-c4nc(-c5ccccc5)nc(-c5ccccc5-c5ccccc5)n4)c3)[N-]C(c3ccccc3-c3ccccc3)=N2)cc1. The van der Waals surface area contributed by atoms with E-state index in [1.165, 1.54) is 0 Å². The predicted octanol–water partition coefficient (Wildman–Crippen LogP) is 17.7. The van der Waals surface area contributed by atoms with Gasteiger partial charge in [0.25, 0.3) is 0 Å². The number of aromatic nitrogens is 5. The predicted molar refractivity (Wildman–Crippen MR) is 328 cm³/mol. The largest absolute Gasteiger partial charge is 0.438 e. The Morgan fingerprint density at radius 1 is 0.338 bits per heavy atom. The van der Waals surface area contributed by atoms with Crippen molar-refractivity contribution in [3.05, 3.63) is 301 Å². The van der Waals surface area contributed by atoms with E-state index in [0.717, 1.165) is 111 Å². The number of rotatable bonds is 10. The average Bonchev–Trinajstić information content (AvgIpc) is 4.28. The van der Waals surface area contributed by atoms with Crippen molar-refractivity contribution in [3.63, 3.8) is 0 Å². The molecule has 1 unspecified atom stereocenters. The number of hydrogen-bond acceptors (Lipinski definition) is 5. The van der Waals surface area contributed by atoms with Crippen molar-refractivity contribution < 1.29 is 0 Å². The van der Waals surface area contributed by atoms with Gasteiger partial charge in [0.2, 0.25) is 0 Å². The van der Waals surface area contributed by atoms with Crippen LogP contribution in [-0.2, 0) is 0 Å². The van der Waals surface area contributed by atoms with Gasteiger partial charge in [0.15, 0.2) is 17.5 Å². The standard InChI is InChI=1S/C72H47N8/c1-6-24-47(25-7-1)53-34-16-18-37-57(53)70-74-67(49-28-10-3-11-29-49)73-69(77-70)51-42-44-63(60(46-51)72-76-68(50-30-12-4-13-31-50)75-71(78-72)58-38-19-17-35-54(58)48-26-8-2-9-27-48)80-61-40-22-20-36-55(61)56-43-45-64-65(66(56)80)59-39-21-23-41-62(59)79(64)52-32-14-5-15-33-52/h1-46,69H/q-1. The first-order valence-corrected chi connectivity index (χ1v) is 26.9. The molecule has 3 aromatic heterocycles. The fraction of sp³-hybridized carbons (Fsp3) is 0.0139. The van der Waals surface area contributed by atoms with Crippen molar-refractivity contribution in [2.24, 2.45) is 9.98 Å². The maximum absolute atomic E-state index is 5.60. The minimum atomic E-state index is -0.697. The summed E-state index contributed by atoms with van der Waals surface area (Å²) >= 11 is 0. The highest BCUT2D eigenvalue weighted by molar-refractivity contribution is 6.26. The van der Waals surface area contributed by atoms with Gasteiger partial charge in [0.05, 0.1) is 39.8 Å². The van der Waals surface area contributed by atoms with Gasteiger partial charge in [0, 0.05) is 43.9 Å². The molecule has 0 radical (unpaired) electrons. The molecular formula is C72H47N8-. The van der Waals surface area contributed by atoms with Crippen LogP contribution in [-0.4, -0.2) is 35.8 Å². The molecule has 0 aliphatic carbocycles. The van der Waals surface area contributed by atoms with E-state index < -0.39 is 6.17 Å². The van der Waals surface area contributed by atoms with E-state index >= 15 is 0 Å². The quantitative estimate of drug-likeness (QED) is 0.137. The van der Waals surface area contributed by atoms with Crippen LogP contribution in [0.1, 0.15) is 22.9 Å². The lowest BCUT2D eigenvalue weighted by Gasteiger charge is -2.33. The zero-order chi connectivity index (χ0) is 52.9. The molecule has 15 rings (SSSR count). The molecule has 0 saturated heterocycles. The van der Waals surface area contributed by atoms with Crippen molar-refractivity contribution in [2.45, 2.75) is 6.17 Å². The number of nitrogens with zero attached hydrogens (tertiary/aromatic N) is 8. The summed E-state index contributed by atoms with van der Waals surface area (Å²) in [7, 11) is 0. The molecule has 0 saturated carbocycles. The first-order valence-electron chi connectivity index (χ1n) is 26.9. The van der Waals surface area contributed by atoms with Gasteiger partial charge in [-0.15, -0.1) is 0 Å². The molecular weight excluding hydrogens is 977 g/mol. The molecule has 1 aliphatic heterocycles. The van der Waals surface area contributed by atoms with Gasteiger partial charge in [-0.25, -0.2) is 15.0 Å². The second-order valence-corrected chi connectivity index (χ2v) is 19.9. The summed E-state index contributed by atoms with van der Waals surface area (Å²) in [5, 5.41) is 10.0. The summed E-state index contributed by atoms with van der Waals surface area (Å²) in [6.07, 6.45) is -0.697. The lowest BCUT2D eigenvalue weighted by atomic mass is 9.98. The Kier molecular flexibility index (Phi) is 11.4. The summed E-state index contributed by atoms with van der Waals surface area (Å²) in [6, 6.07) is 97.2. The van der Waals surface area contributed by atoms with E-state index in [2.05, 4.69) is 234 Å². The van der Waals surface area contributed by atoms with Gasteiger partial charge >= 0.3 is 0 Å². The summed E-state index contributed by atoms with van der Waals surface area (Å²) in [5.41, 5.74) is 15.7. The molecule has 80 heavy (non-hydrogen) atoms. The molecule has 8 heteroatoms. The van der Waals surface area contributed by atoms with Crippen LogP contribution in [0.15, 0.2) is 289 Å². The van der Waals surface area contributed by atoms with Crippen molar-refractivity contribution in [2.75, 3.05) is 0 Å². The number of amidine groups is 2. The highest BCUT2D eigenvalue weighted by Gasteiger charge is 2.26. The Morgan fingerprint density at radius 2 is 0.838 bits per heavy atom. The summed E-state index contributed by atoms with van der Waals surface area (Å²) in [6.45, 7) is 0. The third kappa shape index (κ3) is 8.05. The lowest BCUT2D eigenvalue weighted by Crippen LogP contribution is -2.17. The van der Waals surface area contributed by atoms with Crippen LogP contribution < -0.4 is 0 Å². The van der Waals surface area contributed by atoms with E-state index in [1.54, 1.807) is 0 Å². The van der Waals surface area contributed by atoms with E-state index in [1.807, 2.05) is 54.6 Å². The molecule has 0 N–H and O–H groups in total. The molecule has 11 aromatic carbocycles. The number of aliphatic imine (C=N–C) groups is 2. The smallest absolute Gasteiger partial charge is 0.166 e. The second-order valence-electron chi connectivity index (χ2n) is 19.9. The first-order chi connectivity index (χ1) is 39.7. The van der Waals surface area contributed by atoms with Crippen LogP contribution in [0.25, 0.3) is 117 Å². The maximum Gasteiger partial charge on any atom is 0.166 e. The molecule has 1 atom stereocenters. The van der Waals surface area contributed by atoms with Gasteiger partial charge in [-0.05, 0) is 81.4 Å². The highest BCUT2D eigenvalue weighted by Crippen LogP contribution is 2.45. The third-order valence-electron chi connectivity index (χ3n) is 15.2. The molecule has 0 bridgehead atoms. The van der Waals surface area contributed by atoms with Gasteiger partial charge in [0.1, 0.15) is 0 Å². The Hall–Kier alpha value is -10.8. The number of benzene rings is 11. The van der Waals surface area contributed by atoms with Crippen molar-refractivity contribution in [1.82, 2.24) is 24.1 Å². The second kappa shape index (κ2) is 19.6. The van der Waals surface area contributed by atoms with Gasteiger partial charge in [-0.1, -0.05) is 242 Å². The monoisotopic (exact) mass is 1020 g/mol. The van der Waals surface area contributed by atoms with Crippen LogP contribution in [0, 0.1) is 0 Å². The first kappa shape index (κ1) is 46.5. The molecule has 8 nitrogen and oxygen atoms in total. The van der Waals surface area contributed by atoms with Crippen LogP contribution in [0.2, 0.25) is 0 Å². The van der Waals surface area contributed by atoms with E-state index in [9.17, 15) is 0 Å². The molecule has 14 aromatic rings. The molecule has 0 fully saturated rings. The van der Waals surface area contributed by atoms with Crippen molar-refractivity contribution in [3.8, 4) is 67.8 Å². The lowest BCUT2D eigenvalue weighted by molar-refractivity contribution is 0.876. The molecule has 1 aliphatic rings. The number of para-hydroxylation sites is 3. The van der Waals surface area contributed by atoms with Crippen molar-refractivity contribution >= 4 is 55.3 Å². The minimum Gasteiger partial charge on any atom is -0.438 e. The van der Waals surface area contributed by atoms with E-state index in [-0.39, 0.29) is 0 Å².